The molecule has 1 atom stereocenters. The maximum absolute atomic E-state index is 12.4. The molecule has 0 bridgehead atoms. The van der Waals surface area contributed by atoms with Gasteiger partial charge in [0.25, 0.3) is 0 Å². The number of carbonyl (C=O) groups excluding carboxylic acids is 1. The number of ether oxygens (including phenoxy) is 2. The van der Waals surface area contributed by atoms with E-state index in [0.717, 1.165) is 29.0 Å². The summed E-state index contributed by atoms with van der Waals surface area (Å²) < 4.78 is 10.2. The lowest BCUT2D eigenvalue weighted by Gasteiger charge is -2.11. The second-order valence-corrected chi connectivity index (χ2v) is 5.05. The van der Waals surface area contributed by atoms with E-state index in [4.69, 9.17) is 9.47 Å². The standard InChI is InChI=1S/C18H20O3/c1-13(12-14-4-8-16(20-2)9-5-14)18(19)15-6-10-17(21-3)11-7-15/h4-11,13H,12H2,1-3H3. The predicted molar refractivity (Wildman–Crippen MR) is 83.2 cm³/mol. The molecule has 0 aliphatic carbocycles. The fourth-order valence-corrected chi connectivity index (χ4v) is 2.25. The van der Waals surface area contributed by atoms with Gasteiger partial charge in [-0.3, -0.25) is 4.79 Å². The number of ketones is 1. The molecule has 3 nitrogen and oxygen atoms in total. The molecule has 0 N–H and O–H groups in total. The highest BCUT2D eigenvalue weighted by Crippen LogP contribution is 2.19. The third kappa shape index (κ3) is 3.85. The van der Waals surface area contributed by atoms with Crippen LogP contribution in [0.4, 0.5) is 0 Å². The Labute approximate surface area is 125 Å². The van der Waals surface area contributed by atoms with Gasteiger partial charge >= 0.3 is 0 Å². The van der Waals surface area contributed by atoms with Crippen LogP contribution in [0.1, 0.15) is 22.8 Å². The number of hydrogen-bond donors (Lipinski definition) is 0. The SMILES string of the molecule is COc1ccc(CC(C)C(=O)c2ccc(OC)cc2)cc1. The van der Waals surface area contributed by atoms with E-state index in [9.17, 15) is 4.79 Å². The zero-order chi connectivity index (χ0) is 15.2. The summed E-state index contributed by atoms with van der Waals surface area (Å²) in [5.41, 5.74) is 1.85. The van der Waals surface area contributed by atoms with Crippen LogP contribution in [0.3, 0.4) is 0 Å². The summed E-state index contributed by atoms with van der Waals surface area (Å²) in [6.45, 7) is 1.96. The van der Waals surface area contributed by atoms with E-state index in [1.165, 1.54) is 0 Å². The Morgan fingerprint density at radius 3 is 1.86 bits per heavy atom. The van der Waals surface area contributed by atoms with Crippen molar-refractivity contribution in [2.45, 2.75) is 13.3 Å². The van der Waals surface area contributed by atoms with Crippen molar-refractivity contribution in [2.24, 2.45) is 5.92 Å². The summed E-state index contributed by atoms with van der Waals surface area (Å²) in [6, 6.07) is 15.1. The monoisotopic (exact) mass is 284 g/mol. The van der Waals surface area contributed by atoms with Crippen LogP contribution in [-0.4, -0.2) is 20.0 Å². The van der Waals surface area contributed by atoms with Crippen molar-refractivity contribution >= 4 is 5.78 Å². The van der Waals surface area contributed by atoms with Gasteiger partial charge in [-0.05, 0) is 48.4 Å². The van der Waals surface area contributed by atoms with Crippen molar-refractivity contribution in [3.05, 3.63) is 59.7 Å². The van der Waals surface area contributed by atoms with Gasteiger partial charge in [0.05, 0.1) is 14.2 Å². The van der Waals surface area contributed by atoms with E-state index >= 15 is 0 Å². The fraction of sp³-hybridized carbons (Fsp3) is 0.278. The summed E-state index contributed by atoms with van der Waals surface area (Å²) >= 11 is 0. The number of methoxy groups -OCH3 is 2. The number of carbonyl (C=O) groups is 1. The topological polar surface area (TPSA) is 35.5 Å². The molecule has 0 saturated carbocycles. The van der Waals surface area contributed by atoms with Crippen molar-refractivity contribution in [1.29, 1.82) is 0 Å². The minimum atomic E-state index is -0.0632. The summed E-state index contributed by atoms with van der Waals surface area (Å²) in [4.78, 5) is 12.4. The molecule has 0 amide bonds. The van der Waals surface area contributed by atoms with Crippen LogP contribution in [0.15, 0.2) is 48.5 Å². The molecule has 3 heteroatoms. The maximum Gasteiger partial charge on any atom is 0.165 e. The van der Waals surface area contributed by atoms with Crippen molar-refractivity contribution in [2.75, 3.05) is 14.2 Å². The lowest BCUT2D eigenvalue weighted by molar-refractivity contribution is 0.0929. The van der Waals surface area contributed by atoms with Crippen LogP contribution < -0.4 is 9.47 Å². The fourth-order valence-electron chi connectivity index (χ4n) is 2.25. The van der Waals surface area contributed by atoms with E-state index in [1.807, 2.05) is 55.5 Å². The molecule has 2 rings (SSSR count). The van der Waals surface area contributed by atoms with Crippen molar-refractivity contribution in [3.8, 4) is 11.5 Å². The van der Waals surface area contributed by atoms with Gasteiger partial charge in [-0.1, -0.05) is 19.1 Å². The van der Waals surface area contributed by atoms with E-state index < -0.39 is 0 Å². The molecule has 0 spiro atoms. The molecule has 110 valence electrons. The van der Waals surface area contributed by atoms with Gasteiger partial charge in [0, 0.05) is 11.5 Å². The molecule has 2 aromatic rings. The smallest absolute Gasteiger partial charge is 0.165 e. The summed E-state index contributed by atoms with van der Waals surface area (Å²) in [7, 11) is 3.26. The van der Waals surface area contributed by atoms with Gasteiger partial charge in [0.1, 0.15) is 11.5 Å². The Kier molecular flexibility index (Phi) is 4.99. The Morgan fingerprint density at radius 1 is 0.905 bits per heavy atom. The van der Waals surface area contributed by atoms with Crippen LogP contribution in [0.2, 0.25) is 0 Å². The van der Waals surface area contributed by atoms with Gasteiger partial charge in [-0.2, -0.15) is 0 Å². The van der Waals surface area contributed by atoms with Crippen molar-refractivity contribution in [1.82, 2.24) is 0 Å². The molecule has 0 aliphatic heterocycles. The molecule has 1 unspecified atom stereocenters. The molecule has 0 fully saturated rings. The zero-order valence-electron chi connectivity index (χ0n) is 12.6. The Balaban J connectivity index is 2.03. The number of benzene rings is 2. The molecule has 0 heterocycles. The summed E-state index contributed by atoms with van der Waals surface area (Å²) in [5, 5.41) is 0. The predicted octanol–water partition coefficient (Wildman–Crippen LogP) is 3.77. The van der Waals surface area contributed by atoms with E-state index in [2.05, 4.69) is 0 Å². The molecule has 2 aromatic carbocycles. The molecule has 0 aromatic heterocycles. The van der Waals surface area contributed by atoms with Crippen LogP contribution in [0, 0.1) is 5.92 Å². The second kappa shape index (κ2) is 6.93. The van der Waals surface area contributed by atoms with Gasteiger partial charge in [-0.15, -0.1) is 0 Å². The summed E-state index contributed by atoms with van der Waals surface area (Å²) in [5.74, 6) is 1.67. The molecular weight excluding hydrogens is 264 g/mol. The molecule has 0 radical (unpaired) electrons. The zero-order valence-corrected chi connectivity index (χ0v) is 12.6. The van der Waals surface area contributed by atoms with Crippen LogP contribution >= 0.6 is 0 Å². The van der Waals surface area contributed by atoms with Crippen LogP contribution in [0.25, 0.3) is 0 Å². The highest BCUT2D eigenvalue weighted by Gasteiger charge is 2.15. The first kappa shape index (κ1) is 15.1. The minimum Gasteiger partial charge on any atom is -0.497 e. The second-order valence-electron chi connectivity index (χ2n) is 5.05. The first-order valence-electron chi connectivity index (χ1n) is 6.95. The largest absolute Gasteiger partial charge is 0.497 e. The number of Topliss-reactive ketones (excluding diaryl/α,β-unsaturated/α-hetero) is 1. The summed E-state index contributed by atoms with van der Waals surface area (Å²) in [6.07, 6.45) is 0.717. The Bertz CT molecular complexity index is 585. The van der Waals surface area contributed by atoms with E-state index in [-0.39, 0.29) is 11.7 Å². The molecule has 0 saturated heterocycles. The molecule has 21 heavy (non-hydrogen) atoms. The quantitative estimate of drug-likeness (QED) is 0.758. The van der Waals surface area contributed by atoms with Crippen LogP contribution in [0.5, 0.6) is 11.5 Å². The average molecular weight is 284 g/mol. The highest BCUT2D eigenvalue weighted by molar-refractivity contribution is 5.97. The van der Waals surface area contributed by atoms with Gasteiger partial charge < -0.3 is 9.47 Å². The normalized spacial score (nSPS) is 11.8. The first-order valence-corrected chi connectivity index (χ1v) is 6.95. The molecular formula is C18H20O3. The van der Waals surface area contributed by atoms with Crippen molar-refractivity contribution in [3.63, 3.8) is 0 Å². The maximum atomic E-state index is 12.4. The first-order chi connectivity index (χ1) is 10.1. The third-order valence-corrected chi connectivity index (χ3v) is 3.52. The average Bonchev–Trinajstić information content (AvgIpc) is 2.55. The van der Waals surface area contributed by atoms with Gasteiger partial charge in [0.15, 0.2) is 5.78 Å². The van der Waals surface area contributed by atoms with Gasteiger partial charge in [0.2, 0.25) is 0 Å². The Hall–Kier alpha value is -2.29. The van der Waals surface area contributed by atoms with Crippen LogP contribution in [-0.2, 0) is 6.42 Å². The van der Waals surface area contributed by atoms with E-state index in [1.54, 1.807) is 14.2 Å². The van der Waals surface area contributed by atoms with E-state index in [0.29, 0.717) is 0 Å². The Morgan fingerprint density at radius 2 is 1.38 bits per heavy atom. The lowest BCUT2D eigenvalue weighted by atomic mass is 9.93. The highest BCUT2D eigenvalue weighted by atomic mass is 16.5. The number of rotatable bonds is 6. The lowest BCUT2D eigenvalue weighted by Crippen LogP contribution is -2.14. The number of hydrogen-bond acceptors (Lipinski definition) is 3. The molecule has 0 aliphatic rings. The van der Waals surface area contributed by atoms with Crippen molar-refractivity contribution < 1.29 is 14.3 Å². The van der Waals surface area contributed by atoms with Gasteiger partial charge in [-0.25, -0.2) is 0 Å². The minimum absolute atomic E-state index is 0.0632. The third-order valence-electron chi connectivity index (χ3n) is 3.52.